The number of anilines is 1. The molecular weight excluding hydrogens is 338 g/mol. The van der Waals surface area contributed by atoms with E-state index in [1.54, 1.807) is 13.0 Å². The van der Waals surface area contributed by atoms with Gasteiger partial charge >= 0.3 is 6.01 Å². The number of aromatic nitrogens is 2. The molecule has 0 saturated carbocycles. The Labute approximate surface area is 118 Å². The summed E-state index contributed by atoms with van der Waals surface area (Å²) in [7, 11) is -2.48. The van der Waals surface area contributed by atoms with Crippen molar-refractivity contribution < 1.29 is 17.6 Å². The van der Waals surface area contributed by atoms with Crippen LogP contribution in [0, 0.1) is 6.92 Å². The van der Waals surface area contributed by atoms with Gasteiger partial charge in [-0.25, -0.2) is 13.1 Å². The van der Waals surface area contributed by atoms with Gasteiger partial charge in [0, 0.05) is 11.4 Å². The van der Waals surface area contributed by atoms with Crippen LogP contribution in [0.15, 0.2) is 32.0 Å². The first-order valence-electron chi connectivity index (χ1n) is 5.09. The van der Waals surface area contributed by atoms with Gasteiger partial charge in [0.05, 0.1) is 7.11 Å². The zero-order chi connectivity index (χ0) is 14.0. The number of aryl methyl sites for hydroxylation is 1. The third kappa shape index (κ3) is 3.04. The molecular formula is C10H10BrN3O4S. The van der Waals surface area contributed by atoms with E-state index in [1.165, 1.54) is 19.2 Å². The number of benzene rings is 1. The Morgan fingerprint density at radius 3 is 2.68 bits per heavy atom. The van der Waals surface area contributed by atoms with E-state index in [0.717, 1.165) is 0 Å². The third-order valence-electron chi connectivity index (χ3n) is 2.16. The molecule has 0 aliphatic heterocycles. The van der Waals surface area contributed by atoms with Crippen LogP contribution in [0.5, 0.6) is 5.75 Å². The molecule has 1 heterocycles. The second-order valence-corrected chi connectivity index (χ2v) is 6.09. The molecule has 0 radical (unpaired) electrons. The molecule has 9 heteroatoms. The summed E-state index contributed by atoms with van der Waals surface area (Å²) in [5, 5.41) is 7.12. The van der Waals surface area contributed by atoms with E-state index in [4.69, 9.17) is 9.15 Å². The maximum atomic E-state index is 12.2. The first kappa shape index (κ1) is 13.8. The van der Waals surface area contributed by atoms with Crippen molar-refractivity contribution in [3.05, 3.63) is 28.6 Å². The SMILES string of the molecule is COc1ccc(Br)cc1S(=O)(=O)Nc1nnc(C)o1. The lowest BCUT2D eigenvalue weighted by molar-refractivity contribution is 0.402. The van der Waals surface area contributed by atoms with E-state index in [0.29, 0.717) is 4.47 Å². The minimum atomic E-state index is -3.87. The number of nitrogens with zero attached hydrogens (tertiary/aromatic N) is 2. The fourth-order valence-corrected chi connectivity index (χ4v) is 3.00. The summed E-state index contributed by atoms with van der Waals surface area (Å²) in [5.41, 5.74) is 0. The summed E-state index contributed by atoms with van der Waals surface area (Å²) in [6.45, 7) is 1.56. The standard InChI is InChI=1S/C10H10BrN3O4S/c1-6-12-13-10(18-6)14-19(15,16)9-5-7(11)3-4-8(9)17-2/h3-5H,1-2H3,(H,13,14). The van der Waals surface area contributed by atoms with Crippen molar-refractivity contribution >= 4 is 32.0 Å². The summed E-state index contributed by atoms with van der Waals surface area (Å²) >= 11 is 3.21. The number of methoxy groups -OCH3 is 1. The first-order valence-corrected chi connectivity index (χ1v) is 7.36. The maximum absolute atomic E-state index is 12.2. The van der Waals surface area contributed by atoms with Crippen molar-refractivity contribution in [2.24, 2.45) is 0 Å². The van der Waals surface area contributed by atoms with Gasteiger partial charge < -0.3 is 9.15 Å². The van der Waals surface area contributed by atoms with Crippen molar-refractivity contribution in [1.29, 1.82) is 0 Å². The molecule has 0 aliphatic rings. The van der Waals surface area contributed by atoms with Gasteiger partial charge in [0.15, 0.2) is 0 Å². The van der Waals surface area contributed by atoms with Crippen LogP contribution in [0.1, 0.15) is 5.89 Å². The maximum Gasteiger partial charge on any atom is 0.329 e. The molecule has 0 amide bonds. The fraction of sp³-hybridized carbons (Fsp3) is 0.200. The summed E-state index contributed by atoms with van der Waals surface area (Å²) < 4.78 is 37.2. The van der Waals surface area contributed by atoms with Crippen LogP contribution in [0.25, 0.3) is 0 Å². The molecule has 1 aromatic heterocycles. The minimum absolute atomic E-state index is 0.0276. The van der Waals surface area contributed by atoms with E-state index in [-0.39, 0.29) is 22.6 Å². The molecule has 102 valence electrons. The Hall–Kier alpha value is -1.61. The molecule has 1 N–H and O–H groups in total. The number of rotatable bonds is 4. The molecule has 0 bridgehead atoms. The lowest BCUT2D eigenvalue weighted by atomic mass is 10.3. The average Bonchev–Trinajstić information content (AvgIpc) is 2.74. The van der Waals surface area contributed by atoms with E-state index in [2.05, 4.69) is 30.8 Å². The zero-order valence-electron chi connectivity index (χ0n) is 10.0. The first-order chi connectivity index (χ1) is 8.92. The molecule has 0 spiro atoms. The summed E-state index contributed by atoms with van der Waals surface area (Å²) in [5.74, 6) is 0.478. The second-order valence-electron chi connectivity index (χ2n) is 3.53. The molecule has 0 atom stereocenters. The molecule has 2 rings (SSSR count). The number of nitrogens with one attached hydrogen (secondary N) is 1. The van der Waals surface area contributed by atoms with Gasteiger partial charge in [-0.2, -0.15) is 0 Å². The van der Waals surface area contributed by atoms with Gasteiger partial charge in [-0.05, 0) is 18.2 Å². The highest BCUT2D eigenvalue weighted by Gasteiger charge is 2.22. The third-order valence-corrected chi connectivity index (χ3v) is 4.00. The van der Waals surface area contributed by atoms with Gasteiger partial charge in [0.25, 0.3) is 10.0 Å². The molecule has 1 aromatic carbocycles. The molecule has 0 aliphatic carbocycles. The predicted molar refractivity (Wildman–Crippen MR) is 70.5 cm³/mol. The number of hydrogen-bond donors (Lipinski definition) is 1. The Kier molecular flexibility index (Phi) is 3.76. The second kappa shape index (κ2) is 5.17. The topological polar surface area (TPSA) is 94.3 Å². The molecule has 19 heavy (non-hydrogen) atoms. The Balaban J connectivity index is 2.41. The molecule has 0 fully saturated rings. The Morgan fingerprint density at radius 1 is 1.37 bits per heavy atom. The summed E-state index contributed by atoms with van der Waals surface area (Å²) in [4.78, 5) is -0.0276. The Bertz CT molecular complexity index is 699. The molecule has 7 nitrogen and oxygen atoms in total. The van der Waals surface area contributed by atoms with Gasteiger partial charge in [0.1, 0.15) is 10.6 Å². The smallest absolute Gasteiger partial charge is 0.329 e. The highest BCUT2D eigenvalue weighted by Crippen LogP contribution is 2.28. The monoisotopic (exact) mass is 347 g/mol. The van der Waals surface area contributed by atoms with Crippen molar-refractivity contribution in [1.82, 2.24) is 10.2 Å². The number of sulfonamides is 1. The van der Waals surface area contributed by atoms with Gasteiger partial charge in [0.2, 0.25) is 5.89 Å². The molecule has 2 aromatic rings. The quantitative estimate of drug-likeness (QED) is 0.908. The van der Waals surface area contributed by atoms with Gasteiger partial charge in [-0.3, -0.25) is 0 Å². The van der Waals surface area contributed by atoms with Crippen molar-refractivity contribution in [2.75, 3.05) is 11.8 Å². The van der Waals surface area contributed by atoms with Crippen LogP contribution in [0.4, 0.5) is 6.01 Å². The minimum Gasteiger partial charge on any atom is -0.495 e. The summed E-state index contributed by atoms with van der Waals surface area (Å²) in [6.07, 6.45) is 0. The van der Waals surface area contributed by atoms with Crippen LogP contribution in [-0.2, 0) is 10.0 Å². The van der Waals surface area contributed by atoms with Gasteiger partial charge in [-0.1, -0.05) is 21.0 Å². The molecule has 0 saturated heterocycles. The highest BCUT2D eigenvalue weighted by atomic mass is 79.9. The largest absolute Gasteiger partial charge is 0.495 e. The van der Waals surface area contributed by atoms with Gasteiger partial charge in [-0.15, -0.1) is 5.10 Å². The van der Waals surface area contributed by atoms with Crippen molar-refractivity contribution in [3.63, 3.8) is 0 Å². The van der Waals surface area contributed by atoms with E-state index in [1.807, 2.05) is 0 Å². The van der Waals surface area contributed by atoms with Crippen LogP contribution >= 0.6 is 15.9 Å². The van der Waals surface area contributed by atoms with Crippen molar-refractivity contribution in [3.8, 4) is 5.75 Å². The van der Waals surface area contributed by atoms with E-state index < -0.39 is 10.0 Å². The number of halogens is 1. The summed E-state index contributed by atoms with van der Waals surface area (Å²) in [6, 6.07) is 4.44. The normalized spacial score (nSPS) is 11.3. The lowest BCUT2D eigenvalue weighted by Gasteiger charge is -2.09. The molecule has 0 unspecified atom stereocenters. The van der Waals surface area contributed by atoms with Crippen LogP contribution in [-0.4, -0.2) is 25.7 Å². The predicted octanol–water partition coefficient (Wildman–Crippen LogP) is 1.95. The fourth-order valence-electron chi connectivity index (χ4n) is 1.37. The lowest BCUT2D eigenvalue weighted by Crippen LogP contribution is -2.14. The van der Waals surface area contributed by atoms with Crippen LogP contribution < -0.4 is 9.46 Å². The van der Waals surface area contributed by atoms with E-state index in [9.17, 15) is 8.42 Å². The number of ether oxygens (including phenoxy) is 1. The highest BCUT2D eigenvalue weighted by molar-refractivity contribution is 9.10. The van der Waals surface area contributed by atoms with Crippen molar-refractivity contribution in [2.45, 2.75) is 11.8 Å². The zero-order valence-corrected chi connectivity index (χ0v) is 12.4. The number of hydrogen-bond acceptors (Lipinski definition) is 6. The van der Waals surface area contributed by atoms with E-state index >= 15 is 0 Å². The Morgan fingerprint density at radius 2 is 2.11 bits per heavy atom. The van der Waals surface area contributed by atoms with Crippen LogP contribution in [0.2, 0.25) is 0 Å². The average molecular weight is 348 g/mol. The van der Waals surface area contributed by atoms with Crippen LogP contribution in [0.3, 0.4) is 0 Å².